The second-order valence-electron chi connectivity index (χ2n) is 4.26. The van der Waals surface area contributed by atoms with Crippen LogP contribution in [0.15, 0.2) is 48.5 Å². The zero-order valence-electron chi connectivity index (χ0n) is 10.4. The highest BCUT2D eigenvalue weighted by Gasteiger charge is 2.02. The number of rotatable bonds is 5. The first kappa shape index (κ1) is 13.0. The summed E-state index contributed by atoms with van der Waals surface area (Å²) in [6.45, 7) is 0. The number of carboxylic acid groups (broad SMARTS) is 1. The second kappa shape index (κ2) is 5.96. The normalized spacial score (nSPS) is 10.9. The van der Waals surface area contributed by atoms with Crippen molar-refractivity contribution in [2.45, 2.75) is 12.8 Å². The lowest BCUT2D eigenvalue weighted by Gasteiger charge is -2.01. The van der Waals surface area contributed by atoms with Crippen molar-refractivity contribution in [3.8, 4) is 0 Å². The van der Waals surface area contributed by atoms with Gasteiger partial charge in [0.1, 0.15) is 0 Å². The fraction of sp³-hybridized carbons (Fsp3) is 0.125. The summed E-state index contributed by atoms with van der Waals surface area (Å²) in [6, 6.07) is 13.8. The lowest BCUT2D eigenvalue weighted by molar-refractivity contribution is -0.138. The molecule has 0 saturated carbocycles. The molecule has 0 saturated heterocycles. The first-order valence-corrected chi connectivity index (χ1v) is 6.07. The molecule has 0 bridgehead atoms. The second-order valence-corrected chi connectivity index (χ2v) is 4.26. The van der Waals surface area contributed by atoms with Gasteiger partial charge in [0, 0.05) is 6.42 Å². The minimum Gasteiger partial charge on any atom is -0.481 e. The van der Waals surface area contributed by atoms with E-state index in [2.05, 4.69) is 0 Å². The topological polar surface area (TPSA) is 54.4 Å². The van der Waals surface area contributed by atoms with Crippen LogP contribution in [-0.2, 0) is 9.59 Å². The predicted molar refractivity (Wildman–Crippen MR) is 74.9 cm³/mol. The van der Waals surface area contributed by atoms with Crippen LogP contribution in [0.5, 0.6) is 0 Å². The molecule has 0 unspecified atom stereocenters. The Hall–Kier alpha value is -2.42. The number of carbonyl (C=O) groups is 2. The molecule has 0 radical (unpaired) electrons. The van der Waals surface area contributed by atoms with Crippen LogP contribution in [0.25, 0.3) is 16.8 Å². The Bertz CT molecular complexity index is 636. The van der Waals surface area contributed by atoms with Crippen molar-refractivity contribution in [3.05, 3.63) is 54.1 Å². The summed E-state index contributed by atoms with van der Waals surface area (Å²) in [5, 5.41) is 10.7. The number of carbonyl (C=O) groups excluding carboxylic acids is 1. The molecule has 0 amide bonds. The molecule has 0 aliphatic rings. The van der Waals surface area contributed by atoms with Gasteiger partial charge in [0.05, 0.1) is 6.42 Å². The van der Waals surface area contributed by atoms with E-state index in [1.807, 2.05) is 42.5 Å². The van der Waals surface area contributed by atoms with Crippen molar-refractivity contribution in [1.29, 1.82) is 0 Å². The van der Waals surface area contributed by atoms with Crippen LogP contribution in [0.2, 0.25) is 0 Å². The van der Waals surface area contributed by atoms with Gasteiger partial charge in [0.25, 0.3) is 0 Å². The maximum Gasteiger partial charge on any atom is 0.303 e. The highest BCUT2D eigenvalue weighted by Crippen LogP contribution is 2.19. The van der Waals surface area contributed by atoms with Crippen LogP contribution in [0, 0.1) is 0 Å². The summed E-state index contributed by atoms with van der Waals surface area (Å²) in [4.78, 5) is 21.9. The summed E-state index contributed by atoms with van der Waals surface area (Å²) >= 11 is 0. The fourth-order valence-corrected chi connectivity index (χ4v) is 1.89. The minimum absolute atomic E-state index is 0.0383. The molecule has 2 rings (SSSR count). The maximum absolute atomic E-state index is 11.5. The molecule has 2 aromatic rings. The Balaban J connectivity index is 2.17. The molecule has 0 aromatic heterocycles. The van der Waals surface area contributed by atoms with E-state index in [1.54, 1.807) is 6.08 Å². The van der Waals surface area contributed by atoms with E-state index >= 15 is 0 Å². The van der Waals surface area contributed by atoms with Crippen molar-refractivity contribution in [3.63, 3.8) is 0 Å². The standard InChI is InChI=1S/C16H14O3/c17-14(10-11-16(18)19)9-8-13-6-3-5-12-4-1-2-7-15(12)13/h1-9H,10-11H2,(H,18,19)/b9-8+. The molecule has 0 heterocycles. The summed E-state index contributed by atoms with van der Waals surface area (Å²) < 4.78 is 0. The molecule has 3 nitrogen and oxygen atoms in total. The van der Waals surface area contributed by atoms with Gasteiger partial charge >= 0.3 is 5.97 Å². The predicted octanol–water partition coefficient (Wildman–Crippen LogP) is 3.29. The van der Waals surface area contributed by atoms with Crippen molar-refractivity contribution in [2.75, 3.05) is 0 Å². The van der Waals surface area contributed by atoms with Gasteiger partial charge in [-0.25, -0.2) is 0 Å². The Morgan fingerprint density at radius 3 is 2.53 bits per heavy atom. The molecule has 0 spiro atoms. The third-order valence-electron chi connectivity index (χ3n) is 2.86. The smallest absolute Gasteiger partial charge is 0.303 e. The van der Waals surface area contributed by atoms with Gasteiger partial charge in [-0.1, -0.05) is 48.5 Å². The molecule has 2 aromatic carbocycles. The largest absolute Gasteiger partial charge is 0.481 e. The van der Waals surface area contributed by atoms with Gasteiger partial charge in [-0.2, -0.15) is 0 Å². The van der Waals surface area contributed by atoms with Gasteiger partial charge in [-0.05, 0) is 22.4 Å². The van der Waals surface area contributed by atoms with Crippen molar-refractivity contribution >= 4 is 28.6 Å². The summed E-state index contributed by atoms with van der Waals surface area (Å²) in [5.41, 5.74) is 0.960. The third-order valence-corrected chi connectivity index (χ3v) is 2.86. The fourth-order valence-electron chi connectivity index (χ4n) is 1.89. The monoisotopic (exact) mass is 254 g/mol. The van der Waals surface area contributed by atoms with Gasteiger partial charge in [-0.15, -0.1) is 0 Å². The number of fused-ring (bicyclic) bond motifs is 1. The number of hydrogen-bond acceptors (Lipinski definition) is 2. The molecular weight excluding hydrogens is 240 g/mol. The SMILES string of the molecule is O=C(O)CCC(=O)/C=C/c1cccc2ccccc12. The summed E-state index contributed by atoms with van der Waals surface area (Å²) in [6.07, 6.45) is 3.10. The van der Waals surface area contributed by atoms with Gasteiger partial charge < -0.3 is 5.11 Å². The van der Waals surface area contributed by atoms with Crippen LogP contribution in [0.4, 0.5) is 0 Å². The van der Waals surface area contributed by atoms with Crippen LogP contribution in [-0.4, -0.2) is 16.9 Å². The minimum atomic E-state index is -0.952. The van der Waals surface area contributed by atoms with Crippen molar-refractivity contribution in [2.24, 2.45) is 0 Å². The van der Waals surface area contributed by atoms with E-state index in [0.717, 1.165) is 16.3 Å². The number of hydrogen-bond donors (Lipinski definition) is 1. The Labute approximate surface area is 111 Å². The third kappa shape index (κ3) is 3.52. The lowest BCUT2D eigenvalue weighted by atomic mass is 10.0. The molecule has 96 valence electrons. The van der Waals surface area contributed by atoms with Crippen molar-refractivity contribution < 1.29 is 14.7 Å². The van der Waals surface area contributed by atoms with Crippen molar-refractivity contribution in [1.82, 2.24) is 0 Å². The first-order valence-electron chi connectivity index (χ1n) is 6.07. The van der Waals surface area contributed by atoms with Gasteiger partial charge in [0.2, 0.25) is 0 Å². The number of benzene rings is 2. The highest BCUT2D eigenvalue weighted by molar-refractivity contribution is 5.98. The molecule has 19 heavy (non-hydrogen) atoms. The van der Waals surface area contributed by atoms with Crippen LogP contribution >= 0.6 is 0 Å². The number of aliphatic carboxylic acids is 1. The van der Waals surface area contributed by atoms with E-state index in [1.165, 1.54) is 6.08 Å². The first-order chi connectivity index (χ1) is 9.16. The van der Waals surface area contributed by atoms with E-state index in [-0.39, 0.29) is 18.6 Å². The number of allylic oxidation sites excluding steroid dienone is 1. The van der Waals surface area contributed by atoms with Crippen LogP contribution in [0.3, 0.4) is 0 Å². The molecule has 0 aliphatic heterocycles. The van der Waals surface area contributed by atoms with E-state index < -0.39 is 5.97 Å². The summed E-state index contributed by atoms with van der Waals surface area (Å²) in [7, 11) is 0. The van der Waals surface area contributed by atoms with Crippen LogP contribution in [0.1, 0.15) is 18.4 Å². The zero-order chi connectivity index (χ0) is 13.7. The quantitative estimate of drug-likeness (QED) is 0.833. The molecule has 0 atom stereocenters. The molecule has 3 heteroatoms. The average molecular weight is 254 g/mol. The molecular formula is C16H14O3. The average Bonchev–Trinajstić information content (AvgIpc) is 2.42. The zero-order valence-corrected chi connectivity index (χ0v) is 10.4. The molecule has 0 aliphatic carbocycles. The molecule has 0 fully saturated rings. The van der Waals surface area contributed by atoms with Crippen LogP contribution < -0.4 is 0 Å². The van der Waals surface area contributed by atoms with E-state index in [9.17, 15) is 9.59 Å². The lowest BCUT2D eigenvalue weighted by Crippen LogP contribution is -2.00. The summed E-state index contributed by atoms with van der Waals surface area (Å²) in [5.74, 6) is -1.12. The Morgan fingerprint density at radius 1 is 1.00 bits per heavy atom. The number of carboxylic acids is 1. The van der Waals surface area contributed by atoms with Gasteiger partial charge in [-0.3, -0.25) is 9.59 Å². The number of ketones is 1. The van der Waals surface area contributed by atoms with Gasteiger partial charge in [0.15, 0.2) is 5.78 Å². The Morgan fingerprint density at radius 2 is 1.74 bits per heavy atom. The highest BCUT2D eigenvalue weighted by atomic mass is 16.4. The van der Waals surface area contributed by atoms with E-state index in [0.29, 0.717) is 0 Å². The Kier molecular flexibility index (Phi) is 4.08. The molecule has 1 N–H and O–H groups in total. The maximum atomic E-state index is 11.5. The van der Waals surface area contributed by atoms with E-state index in [4.69, 9.17) is 5.11 Å².